The molecule has 0 aliphatic rings. The Labute approximate surface area is 73.0 Å². The lowest BCUT2D eigenvalue weighted by Gasteiger charge is -2.05. The van der Waals surface area contributed by atoms with E-state index in [0.29, 0.717) is 0 Å². The van der Waals surface area contributed by atoms with Crippen molar-refractivity contribution in [1.82, 2.24) is 4.98 Å². The molecule has 1 aromatic heterocycles. The van der Waals surface area contributed by atoms with Gasteiger partial charge in [0.2, 0.25) is 0 Å². The zero-order valence-corrected chi connectivity index (χ0v) is 7.73. The van der Waals surface area contributed by atoms with Crippen molar-refractivity contribution in [2.45, 2.75) is 13.8 Å². The van der Waals surface area contributed by atoms with Crippen LogP contribution in [0.4, 0.5) is 0 Å². The molecule has 0 N–H and O–H groups in total. The monoisotopic (exact) mass is 173 g/mol. The molecule has 1 aromatic rings. The van der Waals surface area contributed by atoms with Crippen molar-refractivity contribution in [3.63, 3.8) is 0 Å². The molecule has 1 rings (SSSR count). The number of rotatable bonds is 1. The first-order valence-electron chi connectivity index (χ1n) is 3.21. The smallest absolute Gasteiger partial charge is 0.127 e. The third-order valence-corrected chi connectivity index (χ3v) is 1.46. The summed E-state index contributed by atoms with van der Waals surface area (Å²) >= 11 is 0. The number of nitrogens with zero attached hydrogens (tertiary/aromatic N) is 1. The van der Waals surface area contributed by atoms with Gasteiger partial charge >= 0.3 is 0 Å². The minimum atomic E-state index is 0. The summed E-state index contributed by atoms with van der Waals surface area (Å²) in [5.74, 6) is 0.940. The maximum absolute atomic E-state index is 5.14. The topological polar surface area (TPSA) is 22.1 Å². The second kappa shape index (κ2) is 4.19. The van der Waals surface area contributed by atoms with Crippen molar-refractivity contribution in [2.75, 3.05) is 7.11 Å². The van der Waals surface area contributed by atoms with Gasteiger partial charge in [-0.3, -0.25) is 4.98 Å². The predicted octanol–water partition coefficient (Wildman–Crippen LogP) is 2.13. The first-order chi connectivity index (χ1) is 4.75. The van der Waals surface area contributed by atoms with Crippen molar-refractivity contribution in [2.24, 2.45) is 0 Å². The molecule has 0 aromatic carbocycles. The van der Waals surface area contributed by atoms with Gasteiger partial charge in [0, 0.05) is 23.5 Å². The predicted molar refractivity (Wildman–Crippen MR) is 47.5 cm³/mol. The van der Waals surface area contributed by atoms with Gasteiger partial charge in [0.25, 0.3) is 0 Å². The van der Waals surface area contributed by atoms with Crippen LogP contribution in [0.3, 0.4) is 0 Å². The Hall–Kier alpha value is -0.760. The van der Waals surface area contributed by atoms with Crippen LogP contribution in [0, 0.1) is 13.8 Å². The van der Waals surface area contributed by atoms with Gasteiger partial charge in [0.15, 0.2) is 0 Å². The fourth-order valence-corrected chi connectivity index (χ4v) is 1.01. The average molecular weight is 174 g/mol. The van der Waals surface area contributed by atoms with Gasteiger partial charge < -0.3 is 4.74 Å². The van der Waals surface area contributed by atoms with Crippen LogP contribution in [-0.4, -0.2) is 12.1 Å². The third-order valence-electron chi connectivity index (χ3n) is 1.46. The molecule has 1 heterocycles. The molecule has 0 aliphatic heterocycles. The number of aryl methyl sites for hydroxylation is 2. The molecule has 0 atom stereocenters. The van der Waals surface area contributed by atoms with Gasteiger partial charge in [0.05, 0.1) is 7.11 Å². The Kier molecular flexibility index (Phi) is 3.90. The molecule has 0 unspecified atom stereocenters. The molecule has 62 valence electrons. The van der Waals surface area contributed by atoms with E-state index in [2.05, 4.69) is 4.98 Å². The Morgan fingerprint density at radius 2 is 1.64 bits per heavy atom. The fourth-order valence-electron chi connectivity index (χ4n) is 1.01. The summed E-state index contributed by atoms with van der Waals surface area (Å²) in [5, 5.41) is 0. The molecule has 0 aliphatic carbocycles. The Balaban J connectivity index is 0.000001000. The molecule has 0 saturated heterocycles. The van der Waals surface area contributed by atoms with Crippen LogP contribution in [0.15, 0.2) is 12.4 Å². The number of hydrogen-bond acceptors (Lipinski definition) is 2. The molecule has 0 saturated carbocycles. The highest BCUT2D eigenvalue weighted by molar-refractivity contribution is 5.85. The van der Waals surface area contributed by atoms with Crippen LogP contribution >= 0.6 is 12.4 Å². The molecule has 3 heteroatoms. The highest BCUT2D eigenvalue weighted by atomic mass is 35.5. The zero-order chi connectivity index (χ0) is 7.56. The molecule has 2 nitrogen and oxygen atoms in total. The van der Waals surface area contributed by atoms with Crippen molar-refractivity contribution in [3.05, 3.63) is 23.5 Å². The second-order valence-electron chi connectivity index (χ2n) is 2.31. The summed E-state index contributed by atoms with van der Waals surface area (Å²) in [6, 6.07) is 0. The Morgan fingerprint density at radius 1 is 1.18 bits per heavy atom. The first kappa shape index (κ1) is 10.2. The molecular weight excluding hydrogens is 162 g/mol. The Morgan fingerprint density at radius 3 is 1.91 bits per heavy atom. The summed E-state index contributed by atoms with van der Waals surface area (Å²) in [4.78, 5) is 4.01. The van der Waals surface area contributed by atoms with Gasteiger partial charge in [-0.2, -0.15) is 0 Å². The van der Waals surface area contributed by atoms with Gasteiger partial charge in [-0.25, -0.2) is 0 Å². The van der Waals surface area contributed by atoms with Crippen molar-refractivity contribution < 1.29 is 4.74 Å². The maximum Gasteiger partial charge on any atom is 0.127 e. The average Bonchev–Trinajstić information content (AvgIpc) is 1.88. The lowest BCUT2D eigenvalue weighted by molar-refractivity contribution is 0.408. The highest BCUT2D eigenvalue weighted by Crippen LogP contribution is 2.19. The number of ether oxygens (including phenoxy) is 1. The first-order valence-corrected chi connectivity index (χ1v) is 3.21. The summed E-state index contributed by atoms with van der Waals surface area (Å²) in [7, 11) is 1.68. The maximum atomic E-state index is 5.14. The van der Waals surface area contributed by atoms with Crippen LogP contribution in [0.25, 0.3) is 0 Å². The van der Waals surface area contributed by atoms with E-state index in [9.17, 15) is 0 Å². The van der Waals surface area contributed by atoms with E-state index in [1.807, 2.05) is 13.8 Å². The number of methoxy groups -OCH3 is 1. The largest absolute Gasteiger partial charge is 0.496 e. The van der Waals surface area contributed by atoms with Crippen LogP contribution in [0.5, 0.6) is 5.75 Å². The Bertz CT molecular complexity index is 217. The normalized spacial score (nSPS) is 8.64. The minimum Gasteiger partial charge on any atom is -0.496 e. The van der Waals surface area contributed by atoms with Crippen LogP contribution in [0.2, 0.25) is 0 Å². The van der Waals surface area contributed by atoms with Crippen molar-refractivity contribution in [3.8, 4) is 5.75 Å². The van der Waals surface area contributed by atoms with Crippen molar-refractivity contribution in [1.29, 1.82) is 0 Å². The van der Waals surface area contributed by atoms with Gasteiger partial charge in [-0.05, 0) is 13.8 Å². The number of halogens is 1. The number of pyridine rings is 1. The van der Waals surface area contributed by atoms with Crippen LogP contribution in [-0.2, 0) is 0 Å². The number of hydrogen-bond donors (Lipinski definition) is 0. The molecule has 0 amide bonds. The van der Waals surface area contributed by atoms with E-state index in [4.69, 9.17) is 4.74 Å². The van der Waals surface area contributed by atoms with E-state index < -0.39 is 0 Å². The second-order valence-corrected chi connectivity index (χ2v) is 2.31. The minimum absolute atomic E-state index is 0. The summed E-state index contributed by atoms with van der Waals surface area (Å²) in [6.45, 7) is 3.97. The summed E-state index contributed by atoms with van der Waals surface area (Å²) < 4.78 is 5.14. The standard InChI is InChI=1S/C8H11NO.ClH/c1-6-4-9-5-7(2)8(6)10-3;/h4-5H,1-3H3;1H. The van der Waals surface area contributed by atoms with Gasteiger partial charge in [-0.1, -0.05) is 0 Å². The van der Waals surface area contributed by atoms with Gasteiger partial charge in [-0.15, -0.1) is 12.4 Å². The van der Waals surface area contributed by atoms with Crippen molar-refractivity contribution >= 4 is 12.4 Å². The fraction of sp³-hybridized carbons (Fsp3) is 0.375. The lowest BCUT2D eigenvalue weighted by atomic mass is 10.2. The van der Waals surface area contributed by atoms with E-state index in [-0.39, 0.29) is 12.4 Å². The SMILES string of the molecule is COc1c(C)cncc1C.Cl. The van der Waals surface area contributed by atoms with Gasteiger partial charge in [0.1, 0.15) is 5.75 Å². The quantitative estimate of drug-likeness (QED) is 0.649. The molecule has 0 radical (unpaired) electrons. The van der Waals surface area contributed by atoms with E-state index in [1.54, 1.807) is 19.5 Å². The molecule has 11 heavy (non-hydrogen) atoms. The molecule has 0 fully saturated rings. The van der Waals surface area contributed by atoms with E-state index >= 15 is 0 Å². The van der Waals surface area contributed by atoms with Crippen LogP contribution < -0.4 is 4.74 Å². The molecular formula is C8H12ClNO. The zero-order valence-electron chi connectivity index (χ0n) is 6.92. The highest BCUT2D eigenvalue weighted by Gasteiger charge is 1.99. The lowest BCUT2D eigenvalue weighted by Crippen LogP contribution is -1.91. The molecule has 0 bridgehead atoms. The van der Waals surface area contributed by atoms with E-state index in [1.165, 1.54) is 0 Å². The molecule has 0 spiro atoms. The third kappa shape index (κ3) is 2.09. The summed E-state index contributed by atoms with van der Waals surface area (Å²) in [5.41, 5.74) is 2.17. The van der Waals surface area contributed by atoms with E-state index in [0.717, 1.165) is 16.9 Å². The summed E-state index contributed by atoms with van der Waals surface area (Å²) in [6.07, 6.45) is 3.59. The van der Waals surface area contributed by atoms with Crippen LogP contribution in [0.1, 0.15) is 11.1 Å². The number of aromatic nitrogens is 1.